The third kappa shape index (κ3) is 13.2. The van der Waals surface area contributed by atoms with Gasteiger partial charge in [-0.05, 0) is 29.5 Å². The lowest BCUT2D eigenvalue weighted by atomic mass is 9.69. The van der Waals surface area contributed by atoms with E-state index in [9.17, 15) is 28.8 Å². The van der Waals surface area contributed by atoms with Crippen molar-refractivity contribution in [3.8, 4) is 0 Å². The SMILES string of the molecule is O=C(CNC(=O)OCc1ccccc1)NCC(=O)N[C@@H](Cc1ccccc1)C(=O)NCC(=O)NCOCC1(C(=O)OCc2ccccc2)CCC1. The summed E-state index contributed by atoms with van der Waals surface area (Å²) in [4.78, 5) is 75.1. The van der Waals surface area contributed by atoms with Gasteiger partial charge in [0.25, 0.3) is 0 Å². The molecule has 1 aliphatic carbocycles. The van der Waals surface area contributed by atoms with Gasteiger partial charge >= 0.3 is 12.1 Å². The summed E-state index contributed by atoms with van der Waals surface area (Å²) in [7, 11) is 0. The fraction of sp³-hybridized carbons (Fsp3) is 0.351. The molecule has 3 aromatic rings. The van der Waals surface area contributed by atoms with Crippen LogP contribution in [0.5, 0.6) is 0 Å². The van der Waals surface area contributed by atoms with Crippen molar-refractivity contribution >= 4 is 35.7 Å². The molecule has 0 unspecified atom stereocenters. The summed E-state index contributed by atoms with van der Waals surface area (Å²) in [5.74, 6) is -2.79. The van der Waals surface area contributed by atoms with Crippen LogP contribution in [0.4, 0.5) is 4.79 Å². The van der Waals surface area contributed by atoms with E-state index in [1.54, 1.807) is 48.5 Å². The average molecular weight is 702 g/mol. The zero-order valence-electron chi connectivity index (χ0n) is 28.2. The second kappa shape index (κ2) is 20.0. The number of carbonyl (C=O) groups excluding carboxylic acids is 6. The van der Waals surface area contributed by atoms with Crippen molar-refractivity contribution in [1.82, 2.24) is 26.6 Å². The summed E-state index contributed by atoms with van der Waals surface area (Å²) in [6, 6.07) is 26.3. The van der Waals surface area contributed by atoms with Crippen molar-refractivity contribution in [2.75, 3.05) is 33.0 Å². The lowest BCUT2D eigenvalue weighted by molar-refractivity contribution is -0.169. The minimum absolute atomic E-state index is 0.0333. The number of nitrogens with one attached hydrogen (secondary N) is 5. The molecule has 4 rings (SSSR count). The molecule has 0 aliphatic heterocycles. The van der Waals surface area contributed by atoms with Crippen molar-refractivity contribution in [2.24, 2.45) is 5.41 Å². The highest BCUT2D eigenvalue weighted by molar-refractivity contribution is 5.92. The van der Waals surface area contributed by atoms with Crippen molar-refractivity contribution in [3.05, 3.63) is 108 Å². The van der Waals surface area contributed by atoms with Gasteiger partial charge in [0.2, 0.25) is 23.6 Å². The topological polar surface area (TPSA) is 190 Å². The van der Waals surface area contributed by atoms with Crippen LogP contribution in [0.3, 0.4) is 0 Å². The smallest absolute Gasteiger partial charge is 0.407 e. The zero-order valence-corrected chi connectivity index (χ0v) is 28.2. The summed E-state index contributed by atoms with van der Waals surface area (Å²) >= 11 is 0. The predicted molar refractivity (Wildman–Crippen MR) is 184 cm³/mol. The molecule has 0 radical (unpaired) electrons. The van der Waals surface area contributed by atoms with E-state index in [2.05, 4.69) is 26.6 Å². The largest absolute Gasteiger partial charge is 0.460 e. The number of ether oxygens (including phenoxy) is 3. The summed E-state index contributed by atoms with van der Waals surface area (Å²) < 4.78 is 16.2. The standard InChI is InChI=1S/C37H43N5O9/c43-31(21-40-36(48)51-24-29-15-8-3-9-16-29)38-22-33(45)42-30(19-27-11-4-1-5-12-27)34(46)39-20-32(44)41-26-49-25-37(17-10-18-37)35(47)50-23-28-13-6-2-7-14-28/h1-9,11-16,30H,10,17-26H2,(H,38,43)(H,39,46)(H,40,48)(H,41,44)(H,42,45)/t30-/m0/s1. The molecule has 270 valence electrons. The molecule has 0 saturated heterocycles. The van der Waals surface area contributed by atoms with Crippen LogP contribution < -0.4 is 26.6 Å². The van der Waals surface area contributed by atoms with Crippen LogP contribution in [-0.2, 0) is 57.8 Å². The predicted octanol–water partition coefficient (Wildman–Crippen LogP) is 1.88. The van der Waals surface area contributed by atoms with E-state index in [4.69, 9.17) is 14.2 Å². The molecule has 0 bridgehead atoms. The fourth-order valence-corrected chi connectivity index (χ4v) is 5.09. The lowest BCUT2D eigenvalue weighted by Gasteiger charge is -2.38. The minimum Gasteiger partial charge on any atom is -0.460 e. The maximum atomic E-state index is 13.1. The Morgan fingerprint density at radius 2 is 1.14 bits per heavy atom. The first-order valence-electron chi connectivity index (χ1n) is 16.6. The van der Waals surface area contributed by atoms with Gasteiger partial charge < -0.3 is 40.8 Å². The van der Waals surface area contributed by atoms with Gasteiger partial charge in [0, 0.05) is 6.42 Å². The Kier molecular flexibility index (Phi) is 15.0. The highest BCUT2D eigenvalue weighted by Crippen LogP contribution is 2.42. The summed E-state index contributed by atoms with van der Waals surface area (Å²) in [6.07, 6.45) is 1.45. The molecule has 1 saturated carbocycles. The third-order valence-electron chi connectivity index (χ3n) is 8.12. The van der Waals surface area contributed by atoms with Crippen molar-refractivity contribution < 1.29 is 43.0 Å². The lowest BCUT2D eigenvalue weighted by Crippen LogP contribution is -2.52. The first-order chi connectivity index (χ1) is 24.7. The minimum atomic E-state index is -1.06. The Balaban J connectivity index is 1.15. The number of hydrogen-bond donors (Lipinski definition) is 5. The molecule has 1 atom stereocenters. The number of benzene rings is 3. The fourth-order valence-electron chi connectivity index (χ4n) is 5.09. The van der Waals surface area contributed by atoms with Gasteiger partial charge in [0.05, 0.1) is 25.1 Å². The number of esters is 1. The Morgan fingerprint density at radius 3 is 1.73 bits per heavy atom. The van der Waals surface area contributed by atoms with Gasteiger partial charge in [0.1, 0.15) is 32.5 Å². The second-order valence-corrected chi connectivity index (χ2v) is 12.0. The monoisotopic (exact) mass is 701 g/mol. The number of amides is 5. The van der Waals surface area contributed by atoms with Crippen LogP contribution in [0, 0.1) is 5.41 Å². The van der Waals surface area contributed by atoms with E-state index in [1.807, 2.05) is 42.5 Å². The highest BCUT2D eigenvalue weighted by atomic mass is 16.5. The second-order valence-electron chi connectivity index (χ2n) is 12.0. The van der Waals surface area contributed by atoms with Crippen LogP contribution in [0.15, 0.2) is 91.0 Å². The van der Waals surface area contributed by atoms with Gasteiger partial charge in [-0.3, -0.25) is 24.0 Å². The summed E-state index contributed by atoms with van der Waals surface area (Å²) in [6.45, 7) is -1.16. The van der Waals surface area contributed by atoms with E-state index >= 15 is 0 Å². The molecule has 14 heteroatoms. The molecule has 51 heavy (non-hydrogen) atoms. The summed E-state index contributed by atoms with van der Waals surface area (Å²) in [5.41, 5.74) is 1.67. The molecular formula is C37H43N5O9. The first-order valence-corrected chi connectivity index (χ1v) is 16.6. The van der Waals surface area contributed by atoms with Gasteiger partial charge in [-0.15, -0.1) is 0 Å². The van der Waals surface area contributed by atoms with Crippen LogP contribution in [0.2, 0.25) is 0 Å². The Labute approximate surface area is 296 Å². The van der Waals surface area contributed by atoms with Crippen LogP contribution >= 0.6 is 0 Å². The normalized spacial score (nSPS) is 13.3. The van der Waals surface area contributed by atoms with E-state index in [0.717, 1.165) is 23.1 Å². The molecule has 0 aromatic heterocycles. The zero-order chi connectivity index (χ0) is 36.3. The number of hydrogen-bond acceptors (Lipinski definition) is 9. The third-order valence-corrected chi connectivity index (χ3v) is 8.12. The number of alkyl carbamates (subject to hydrolysis) is 1. The molecule has 5 N–H and O–H groups in total. The maximum absolute atomic E-state index is 13.1. The van der Waals surface area contributed by atoms with Crippen molar-refractivity contribution in [3.63, 3.8) is 0 Å². The summed E-state index contributed by atoms with van der Waals surface area (Å²) in [5, 5.41) is 12.3. The van der Waals surface area contributed by atoms with E-state index in [1.165, 1.54) is 0 Å². The van der Waals surface area contributed by atoms with Crippen LogP contribution in [0.1, 0.15) is 36.0 Å². The highest BCUT2D eigenvalue weighted by Gasteiger charge is 2.46. The van der Waals surface area contributed by atoms with E-state index < -0.39 is 60.8 Å². The van der Waals surface area contributed by atoms with Crippen LogP contribution in [-0.4, -0.2) is 74.7 Å². The Morgan fingerprint density at radius 1 is 0.608 bits per heavy atom. The van der Waals surface area contributed by atoms with E-state index in [0.29, 0.717) is 12.8 Å². The van der Waals surface area contributed by atoms with Gasteiger partial charge in [0.15, 0.2) is 0 Å². The molecule has 5 amide bonds. The number of carbonyl (C=O) groups is 6. The van der Waals surface area contributed by atoms with Gasteiger partial charge in [-0.1, -0.05) is 97.4 Å². The van der Waals surface area contributed by atoms with Gasteiger partial charge in [-0.2, -0.15) is 0 Å². The molecule has 1 fully saturated rings. The molecule has 0 heterocycles. The van der Waals surface area contributed by atoms with Gasteiger partial charge in [-0.25, -0.2) is 4.79 Å². The van der Waals surface area contributed by atoms with Crippen molar-refractivity contribution in [2.45, 2.75) is 44.9 Å². The maximum Gasteiger partial charge on any atom is 0.407 e. The van der Waals surface area contributed by atoms with Crippen LogP contribution in [0.25, 0.3) is 0 Å². The molecule has 14 nitrogen and oxygen atoms in total. The number of rotatable bonds is 19. The molecule has 1 aliphatic rings. The first kappa shape index (κ1) is 38.0. The van der Waals surface area contributed by atoms with Crippen molar-refractivity contribution in [1.29, 1.82) is 0 Å². The molecule has 3 aromatic carbocycles. The molecular weight excluding hydrogens is 658 g/mol. The van der Waals surface area contributed by atoms with E-state index in [-0.39, 0.29) is 38.9 Å². The molecule has 0 spiro atoms. The Hall–Kier alpha value is -5.76. The quantitative estimate of drug-likeness (QED) is 0.0706. The Bertz CT molecular complexity index is 1600. The average Bonchev–Trinajstić information content (AvgIpc) is 3.13.